The predicted octanol–water partition coefficient (Wildman–Crippen LogP) is 3.59. The highest BCUT2D eigenvalue weighted by Gasteiger charge is 2.09. The molecule has 5 nitrogen and oxygen atoms in total. The smallest absolute Gasteiger partial charge is 0.227 e. The minimum Gasteiger partial charge on any atom is -0.369 e. The fourth-order valence-electron chi connectivity index (χ4n) is 1.82. The molecule has 0 unspecified atom stereocenters. The van der Waals surface area contributed by atoms with Crippen LogP contribution in [0.3, 0.4) is 0 Å². The van der Waals surface area contributed by atoms with E-state index in [4.69, 9.17) is 28.9 Å². The second-order valence-corrected chi connectivity index (χ2v) is 7.93. The first-order chi connectivity index (χ1) is 11.4. The second kappa shape index (κ2) is 9.27. The molecule has 24 heavy (non-hydrogen) atoms. The number of rotatable bonds is 8. The zero-order valence-electron chi connectivity index (χ0n) is 12.6. The first kappa shape index (κ1) is 19.1. The molecule has 9 heteroatoms. The number of thioether (sulfide) groups is 1. The first-order valence-corrected chi connectivity index (χ1v) is 9.71. The Hall–Kier alpha value is -1.28. The van der Waals surface area contributed by atoms with Crippen LogP contribution in [-0.2, 0) is 16.0 Å². The van der Waals surface area contributed by atoms with Gasteiger partial charge in [-0.25, -0.2) is 4.98 Å². The van der Waals surface area contributed by atoms with E-state index >= 15 is 0 Å². The fourth-order valence-corrected chi connectivity index (χ4v) is 3.82. The molecule has 0 saturated carbocycles. The largest absolute Gasteiger partial charge is 0.369 e. The zero-order chi connectivity index (χ0) is 17.5. The van der Waals surface area contributed by atoms with Crippen LogP contribution in [-0.4, -0.2) is 28.3 Å². The molecule has 1 aromatic carbocycles. The Bertz CT molecular complexity index is 737. The third kappa shape index (κ3) is 6.32. The van der Waals surface area contributed by atoms with Crippen LogP contribution in [0.15, 0.2) is 24.4 Å². The van der Waals surface area contributed by atoms with Crippen molar-refractivity contribution in [2.75, 3.05) is 16.8 Å². The summed E-state index contributed by atoms with van der Waals surface area (Å²) in [6, 6.07) is 5.36. The second-order valence-electron chi connectivity index (χ2n) is 4.86. The van der Waals surface area contributed by atoms with Crippen molar-refractivity contribution < 1.29 is 9.59 Å². The first-order valence-electron chi connectivity index (χ1n) is 6.98. The Balaban J connectivity index is 1.84. The third-order valence-electron chi connectivity index (χ3n) is 2.90. The number of nitrogens with two attached hydrogens (primary N) is 1. The van der Waals surface area contributed by atoms with Crippen LogP contribution in [0.4, 0.5) is 5.13 Å². The maximum absolute atomic E-state index is 11.8. The van der Waals surface area contributed by atoms with Crippen LogP contribution < -0.4 is 11.1 Å². The molecule has 1 aromatic heterocycles. The summed E-state index contributed by atoms with van der Waals surface area (Å²) >= 11 is 14.8. The van der Waals surface area contributed by atoms with E-state index in [0.29, 0.717) is 33.8 Å². The molecule has 1 heterocycles. The molecule has 0 saturated heterocycles. The van der Waals surface area contributed by atoms with Gasteiger partial charge in [0.05, 0.1) is 5.75 Å². The normalized spacial score (nSPS) is 10.6. The van der Waals surface area contributed by atoms with Gasteiger partial charge in [0.1, 0.15) is 0 Å². The molecular weight excluding hydrogens is 389 g/mol. The summed E-state index contributed by atoms with van der Waals surface area (Å²) in [6.45, 7) is 0. The van der Waals surface area contributed by atoms with E-state index in [0.717, 1.165) is 10.4 Å². The van der Waals surface area contributed by atoms with E-state index in [9.17, 15) is 9.59 Å². The standard InChI is InChI=1S/C15H15Cl2N3O2S2/c16-10-2-1-9(12(17)6-10)5-11-7-19-15(24-11)20-14(22)3-4-23-8-13(18)21/h1-2,6-7H,3-5,8H2,(H2,18,21)(H,19,20,22). The van der Waals surface area contributed by atoms with Gasteiger partial charge in [-0.2, -0.15) is 11.8 Å². The van der Waals surface area contributed by atoms with Crippen LogP contribution in [0, 0.1) is 0 Å². The zero-order valence-corrected chi connectivity index (χ0v) is 15.7. The van der Waals surface area contributed by atoms with Crippen LogP contribution in [0.25, 0.3) is 0 Å². The van der Waals surface area contributed by atoms with Gasteiger partial charge < -0.3 is 11.1 Å². The van der Waals surface area contributed by atoms with E-state index in [-0.39, 0.29) is 17.6 Å². The molecule has 2 aromatic rings. The Morgan fingerprint density at radius 2 is 2.12 bits per heavy atom. The maximum atomic E-state index is 11.8. The number of nitrogens with zero attached hydrogens (tertiary/aromatic N) is 1. The number of hydrogen-bond acceptors (Lipinski definition) is 5. The summed E-state index contributed by atoms with van der Waals surface area (Å²) in [7, 11) is 0. The highest BCUT2D eigenvalue weighted by atomic mass is 35.5. The monoisotopic (exact) mass is 403 g/mol. The summed E-state index contributed by atoms with van der Waals surface area (Å²) in [5.74, 6) is 0.229. The number of aromatic nitrogens is 1. The lowest BCUT2D eigenvalue weighted by molar-refractivity contribution is -0.116. The molecule has 0 aliphatic carbocycles. The molecule has 3 N–H and O–H groups in total. The molecule has 2 rings (SSSR count). The Morgan fingerprint density at radius 3 is 2.83 bits per heavy atom. The minimum atomic E-state index is -0.383. The number of halogens is 2. The number of benzene rings is 1. The molecule has 0 bridgehead atoms. The number of nitrogens with one attached hydrogen (secondary N) is 1. The van der Waals surface area contributed by atoms with Crippen LogP contribution in [0.1, 0.15) is 16.9 Å². The highest BCUT2D eigenvalue weighted by molar-refractivity contribution is 7.99. The van der Waals surface area contributed by atoms with Crippen LogP contribution in [0.2, 0.25) is 10.0 Å². The molecular formula is C15H15Cl2N3O2S2. The van der Waals surface area contributed by atoms with Crippen molar-refractivity contribution in [3.8, 4) is 0 Å². The number of hydrogen-bond donors (Lipinski definition) is 2. The van der Waals surface area contributed by atoms with Crippen LogP contribution in [0.5, 0.6) is 0 Å². The van der Waals surface area contributed by atoms with Crippen molar-refractivity contribution in [2.45, 2.75) is 12.8 Å². The molecule has 0 radical (unpaired) electrons. The highest BCUT2D eigenvalue weighted by Crippen LogP contribution is 2.26. The average Bonchev–Trinajstić information content (AvgIpc) is 2.93. The number of carbonyl (C=O) groups is 2. The lowest BCUT2D eigenvalue weighted by Crippen LogP contribution is -2.15. The van der Waals surface area contributed by atoms with E-state index in [1.165, 1.54) is 23.1 Å². The van der Waals surface area contributed by atoms with Crippen molar-refractivity contribution in [2.24, 2.45) is 5.73 Å². The van der Waals surface area contributed by atoms with E-state index < -0.39 is 0 Å². The molecule has 0 aliphatic heterocycles. The van der Waals surface area contributed by atoms with Crippen molar-refractivity contribution in [3.63, 3.8) is 0 Å². The lowest BCUT2D eigenvalue weighted by Gasteiger charge is -2.02. The van der Waals surface area contributed by atoms with Gasteiger partial charge in [0.2, 0.25) is 11.8 Å². The van der Waals surface area contributed by atoms with E-state index in [1.54, 1.807) is 18.3 Å². The molecule has 0 spiro atoms. The molecule has 0 fully saturated rings. The van der Waals surface area contributed by atoms with Crippen molar-refractivity contribution >= 4 is 63.2 Å². The van der Waals surface area contributed by atoms with Gasteiger partial charge in [0, 0.05) is 39.7 Å². The summed E-state index contributed by atoms with van der Waals surface area (Å²) in [4.78, 5) is 27.6. The number of carbonyl (C=O) groups excluding carboxylic acids is 2. The van der Waals surface area contributed by atoms with Gasteiger partial charge in [-0.15, -0.1) is 11.3 Å². The number of primary amides is 1. The average molecular weight is 404 g/mol. The molecule has 0 aliphatic rings. The molecule has 2 amide bonds. The third-order valence-corrected chi connectivity index (χ3v) is 5.38. The SMILES string of the molecule is NC(=O)CSCCC(=O)Nc1ncc(Cc2ccc(Cl)cc2Cl)s1. The quantitative estimate of drug-likeness (QED) is 0.659. The van der Waals surface area contributed by atoms with Gasteiger partial charge in [-0.3, -0.25) is 9.59 Å². The number of anilines is 1. The van der Waals surface area contributed by atoms with Crippen molar-refractivity contribution in [1.29, 1.82) is 0 Å². The molecule has 128 valence electrons. The van der Waals surface area contributed by atoms with E-state index in [2.05, 4.69) is 10.3 Å². The van der Waals surface area contributed by atoms with Gasteiger partial charge >= 0.3 is 0 Å². The Labute approximate surface area is 157 Å². The van der Waals surface area contributed by atoms with Gasteiger partial charge in [0.25, 0.3) is 0 Å². The van der Waals surface area contributed by atoms with Gasteiger partial charge in [-0.1, -0.05) is 29.3 Å². The summed E-state index contributed by atoms with van der Waals surface area (Å²) in [5, 5.41) is 4.48. The maximum Gasteiger partial charge on any atom is 0.227 e. The lowest BCUT2D eigenvalue weighted by atomic mass is 10.1. The Morgan fingerprint density at radius 1 is 1.33 bits per heavy atom. The van der Waals surface area contributed by atoms with Gasteiger partial charge in [-0.05, 0) is 17.7 Å². The number of thiazole rings is 1. The van der Waals surface area contributed by atoms with Crippen molar-refractivity contribution in [3.05, 3.63) is 44.9 Å². The van der Waals surface area contributed by atoms with Crippen LogP contribution >= 0.6 is 46.3 Å². The van der Waals surface area contributed by atoms with Gasteiger partial charge in [0.15, 0.2) is 5.13 Å². The number of amides is 2. The minimum absolute atomic E-state index is 0.141. The van der Waals surface area contributed by atoms with Crippen molar-refractivity contribution in [1.82, 2.24) is 4.98 Å². The fraction of sp³-hybridized carbons (Fsp3) is 0.267. The summed E-state index contributed by atoms with van der Waals surface area (Å²) in [5.41, 5.74) is 5.98. The summed E-state index contributed by atoms with van der Waals surface area (Å²) in [6.07, 6.45) is 2.64. The summed E-state index contributed by atoms with van der Waals surface area (Å²) < 4.78 is 0. The predicted molar refractivity (Wildman–Crippen MR) is 101 cm³/mol. The van der Waals surface area contributed by atoms with E-state index in [1.807, 2.05) is 6.07 Å². The topological polar surface area (TPSA) is 85.1 Å². The molecule has 0 atom stereocenters. The Kier molecular flexibility index (Phi) is 7.36.